The summed E-state index contributed by atoms with van der Waals surface area (Å²) in [4.78, 5) is 17.0. The van der Waals surface area contributed by atoms with E-state index in [1.54, 1.807) is 19.4 Å². The molecule has 21 heavy (non-hydrogen) atoms. The number of aliphatic hydroxyl groups is 1. The van der Waals surface area contributed by atoms with Gasteiger partial charge in [0.15, 0.2) is 11.5 Å². The quantitative estimate of drug-likeness (QED) is 0.647. The number of nitrogens with one attached hydrogen (secondary N) is 2. The summed E-state index contributed by atoms with van der Waals surface area (Å²) in [6.45, 7) is 3.52. The number of aryl methyl sites for hydroxylation is 1. The van der Waals surface area contributed by atoms with Gasteiger partial charge in [-0.25, -0.2) is 15.0 Å². The van der Waals surface area contributed by atoms with Gasteiger partial charge in [0.1, 0.15) is 17.4 Å². The number of fused-ring (bicyclic) bond motifs is 1. The summed E-state index contributed by atoms with van der Waals surface area (Å²) in [6.07, 6.45) is 2.65. The molecule has 0 amide bonds. The molecule has 0 radical (unpaired) electrons. The standard InChI is InChI=1S/C12H16N8O/c1-6(9-16-10(7(2)21)19-18-9)15-12-13-4-8-11(17-12)20(3)5-14-8/h4-7,21H,1-3H3,(H,13,15,17)(H,16,18,19). The molecule has 2 atom stereocenters. The van der Waals surface area contributed by atoms with Crippen molar-refractivity contribution in [1.82, 2.24) is 34.7 Å². The molecule has 0 saturated heterocycles. The fourth-order valence-corrected chi connectivity index (χ4v) is 1.92. The number of anilines is 1. The molecule has 0 aliphatic rings. The Kier molecular flexibility index (Phi) is 3.26. The minimum Gasteiger partial charge on any atom is -0.385 e. The first-order valence-corrected chi connectivity index (χ1v) is 6.55. The van der Waals surface area contributed by atoms with Gasteiger partial charge in [0.05, 0.1) is 18.6 Å². The van der Waals surface area contributed by atoms with Crippen LogP contribution in [0.2, 0.25) is 0 Å². The fourth-order valence-electron chi connectivity index (χ4n) is 1.92. The first-order chi connectivity index (χ1) is 10.0. The number of aliphatic hydroxyl groups excluding tert-OH is 1. The van der Waals surface area contributed by atoms with E-state index in [0.29, 0.717) is 17.6 Å². The summed E-state index contributed by atoms with van der Waals surface area (Å²) in [5, 5.41) is 19.3. The van der Waals surface area contributed by atoms with Crippen molar-refractivity contribution in [2.24, 2.45) is 7.05 Å². The maximum Gasteiger partial charge on any atom is 0.225 e. The van der Waals surface area contributed by atoms with Crippen molar-refractivity contribution in [2.45, 2.75) is 26.0 Å². The van der Waals surface area contributed by atoms with E-state index < -0.39 is 6.10 Å². The van der Waals surface area contributed by atoms with Gasteiger partial charge in [0.25, 0.3) is 0 Å². The van der Waals surface area contributed by atoms with Crippen LogP contribution in [0.4, 0.5) is 5.95 Å². The summed E-state index contributed by atoms with van der Waals surface area (Å²) in [7, 11) is 1.88. The summed E-state index contributed by atoms with van der Waals surface area (Å²) in [5.74, 6) is 1.45. The van der Waals surface area contributed by atoms with E-state index >= 15 is 0 Å². The summed E-state index contributed by atoms with van der Waals surface area (Å²) in [6, 6.07) is -0.171. The second-order valence-electron chi connectivity index (χ2n) is 4.88. The molecule has 0 aromatic carbocycles. The Hall–Kier alpha value is -2.55. The zero-order valence-electron chi connectivity index (χ0n) is 11.9. The third-order valence-electron chi connectivity index (χ3n) is 3.10. The van der Waals surface area contributed by atoms with Crippen molar-refractivity contribution in [3.8, 4) is 0 Å². The Labute approximate surface area is 120 Å². The Morgan fingerprint density at radius 2 is 2.10 bits per heavy atom. The Balaban J connectivity index is 1.81. The lowest BCUT2D eigenvalue weighted by Crippen LogP contribution is -2.11. The molecule has 3 aromatic heterocycles. The van der Waals surface area contributed by atoms with Crippen molar-refractivity contribution >= 4 is 17.1 Å². The van der Waals surface area contributed by atoms with Gasteiger partial charge in [0.2, 0.25) is 5.95 Å². The van der Waals surface area contributed by atoms with Crippen molar-refractivity contribution in [1.29, 1.82) is 0 Å². The molecule has 0 aliphatic carbocycles. The number of H-pyrrole nitrogens is 1. The predicted molar refractivity (Wildman–Crippen MR) is 75.4 cm³/mol. The minimum atomic E-state index is -0.704. The Morgan fingerprint density at radius 1 is 1.29 bits per heavy atom. The third kappa shape index (κ3) is 2.55. The van der Waals surface area contributed by atoms with E-state index in [1.807, 2.05) is 18.5 Å². The van der Waals surface area contributed by atoms with Crippen LogP contribution in [0, 0.1) is 0 Å². The van der Waals surface area contributed by atoms with Gasteiger partial charge in [-0.15, -0.1) is 0 Å². The highest BCUT2D eigenvalue weighted by Gasteiger charge is 2.15. The number of hydrogen-bond donors (Lipinski definition) is 3. The van der Waals surface area contributed by atoms with E-state index in [4.69, 9.17) is 0 Å². The van der Waals surface area contributed by atoms with Gasteiger partial charge in [0, 0.05) is 7.05 Å². The van der Waals surface area contributed by atoms with Crippen LogP contribution < -0.4 is 5.32 Å². The lowest BCUT2D eigenvalue weighted by atomic mass is 10.3. The van der Waals surface area contributed by atoms with E-state index in [-0.39, 0.29) is 6.04 Å². The van der Waals surface area contributed by atoms with Gasteiger partial charge in [-0.05, 0) is 13.8 Å². The molecule has 0 bridgehead atoms. The zero-order chi connectivity index (χ0) is 15.0. The number of aromatic nitrogens is 7. The van der Waals surface area contributed by atoms with Crippen LogP contribution in [0.1, 0.15) is 37.6 Å². The normalized spacial score (nSPS) is 14.3. The minimum absolute atomic E-state index is 0.171. The SMILES string of the molecule is CC(O)c1n[nH]c(C(C)Nc2ncc3ncn(C)c3n2)n1. The van der Waals surface area contributed by atoms with Gasteiger partial charge in [-0.1, -0.05) is 0 Å². The van der Waals surface area contributed by atoms with Crippen LogP contribution in [-0.2, 0) is 7.05 Å². The predicted octanol–water partition coefficient (Wildman–Crippen LogP) is 0.708. The number of nitrogens with zero attached hydrogens (tertiary/aromatic N) is 6. The Morgan fingerprint density at radius 3 is 2.81 bits per heavy atom. The highest BCUT2D eigenvalue weighted by Crippen LogP contribution is 2.16. The molecule has 3 heterocycles. The Bertz CT molecular complexity index is 762. The molecular formula is C12H16N8O. The van der Waals surface area contributed by atoms with Crippen LogP contribution in [0.3, 0.4) is 0 Å². The average molecular weight is 288 g/mol. The van der Waals surface area contributed by atoms with E-state index in [9.17, 15) is 5.11 Å². The van der Waals surface area contributed by atoms with Crippen molar-refractivity contribution in [3.63, 3.8) is 0 Å². The van der Waals surface area contributed by atoms with Crippen LogP contribution in [0.25, 0.3) is 11.2 Å². The van der Waals surface area contributed by atoms with Gasteiger partial charge >= 0.3 is 0 Å². The molecule has 0 saturated carbocycles. The maximum absolute atomic E-state index is 9.43. The second-order valence-corrected chi connectivity index (χ2v) is 4.88. The molecule has 3 aromatic rings. The number of hydrogen-bond acceptors (Lipinski definition) is 7. The molecular weight excluding hydrogens is 272 g/mol. The maximum atomic E-state index is 9.43. The van der Waals surface area contributed by atoms with E-state index in [0.717, 1.165) is 11.2 Å². The van der Waals surface area contributed by atoms with Crippen molar-refractivity contribution in [3.05, 3.63) is 24.2 Å². The van der Waals surface area contributed by atoms with E-state index in [1.165, 1.54) is 0 Å². The molecule has 110 valence electrons. The summed E-state index contributed by atoms with van der Waals surface area (Å²) >= 11 is 0. The van der Waals surface area contributed by atoms with Gasteiger partial charge in [-0.3, -0.25) is 5.10 Å². The van der Waals surface area contributed by atoms with Gasteiger partial charge in [-0.2, -0.15) is 10.1 Å². The number of imidazole rings is 1. The molecule has 9 nitrogen and oxygen atoms in total. The van der Waals surface area contributed by atoms with Crippen LogP contribution in [0.15, 0.2) is 12.5 Å². The van der Waals surface area contributed by atoms with Crippen molar-refractivity contribution < 1.29 is 5.11 Å². The van der Waals surface area contributed by atoms with Crippen LogP contribution >= 0.6 is 0 Å². The zero-order valence-corrected chi connectivity index (χ0v) is 11.9. The topological polar surface area (TPSA) is 117 Å². The highest BCUT2D eigenvalue weighted by molar-refractivity contribution is 5.70. The number of rotatable bonds is 4. The largest absolute Gasteiger partial charge is 0.385 e. The van der Waals surface area contributed by atoms with Crippen LogP contribution in [0.5, 0.6) is 0 Å². The molecule has 9 heteroatoms. The molecule has 0 fully saturated rings. The monoisotopic (exact) mass is 288 g/mol. The molecule has 3 rings (SSSR count). The molecule has 3 N–H and O–H groups in total. The smallest absolute Gasteiger partial charge is 0.225 e. The highest BCUT2D eigenvalue weighted by atomic mass is 16.3. The summed E-state index contributed by atoms with van der Waals surface area (Å²) < 4.78 is 1.83. The lowest BCUT2D eigenvalue weighted by molar-refractivity contribution is 0.189. The van der Waals surface area contributed by atoms with Crippen molar-refractivity contribution in [2.75, 3.05) is 5.32 Å². The number of aromatic amines is 1. The molecule has 0 aliphatic heterocycles. The third-order valence-corrected chi connectivity index (χ3v) is 3.10. The molecule has 0 spiro atoms. The molecule has 2 unspecified atom stereocenters. The lowest BCUT2D eigenvalue weighted by Gasteiger charge is -2.10. The van der Waals surface area contributed by atoms with Gasteiger partial charge < -0.3 is 15.0 Å². The summed E-state index contributed by atoms with van der Waals surface area (Å²) in [5.41, 5.74) is 1.49. The second kappa shape index (κ2) is 5.09. The van der Waals surface area contributed by atoms with E-state index in [2.05, 4.69) is 35.5 Å². The van der Waals surface area contributed by atoms with Crippen LogP contribution in [-0.4, -0.2) is 39.8 Å². The average Bonchev–Trinajstić information content (AvgIpc) is 3.07. The first kappa shape index (κ1) is 13.4. The first-order valence-electron chi connectivity index (χ1n) is 6.55. The fraction of sp³-hybridized carbons (Fsp3) is 0.417.